The third kappa shape index (κ3) is 3.87. The molecular formula is C10H13BrN2O. The molecule has 0 saturated carbocycles. The molecule has 1 aromatic heterocycles. The predicted octanol–water partition coefficient (Wildman–Crippen LogP) is 1.91. The molecule has 0 aliphatic carbocycles. The molecule has 1 aromatic rings. The molecule has 0 bridgehead atoms. The molecule has 0 unspecified atom stereocenters. The van der Waals surface area contributed by atoms with E-state index >= 15 is 0 Å². The van der Waals surface area contributed by atoms with Gasteiger partial charge < -0.3 is 5.32 Å². The van der Waals surface area contributed by atoms with E-state index in [9.17, 15) is 4.79 Å². The van der Waals surface area contributed by atoms with Gasteiger partial charge in [-0.25, -0.2) is 0 Å². The molecule has 1 heterocycles. The second-order valence-corrected chi connectivity index (χ2v) is 3.88. The van der Waals surface area contributed by atoms with E-state index in [1.54, 1.807) is 6.20 Å². The van der Waals surface area contributed by atoms with Crippen LogP contribution < -0.4 is 5.32 Å². The van der Waals surface area contributed by atoms with Crippen molar-refractivity contribution < 1.29 is 4.79 Å². The van der Waals surface area contributed by atoms with Gasteiger partial charge in [0.2, 0.25) is 5.91 Å². The van der Waals surface area contributed by atoms with E-state index < -0.39 is 0 Å². The van der Waals surface area contributed by atoms with E-state index in [1.165, 1.54) is 0 Å². The number of carbonyl (C=O) groups is 1. The van der Waals surface area contributed by atoms with Gasteiger partial charge >= 0.3 is 0 Å². The topological polar surface area (TPSA) is 42.0 Å². The van der Waals surface area contributed by atoms with Crippen LogP contribution in [0.3, 0.4) is 0 Å². The first-order chi connectivity index (χ1) is 6.72. The lowest BCUT2D eigenvalue weighted by atomic mass is 10.2. The van der Waals surface area contributed by atoms with Crippen LogP contribution in [0.2, 0.25) is 0 Å². The van der Waals surface area contributed by atoms with Crippen LogP contribution in [0.15, 0.2) is 22.9 Å². The Morgan fingerprint density at radius 3 is 3.00 bits per heavy atom. The molecule has 14 heavy (non-hydrogen) atoms. The molecule has 4 heteroatoms. The van der Waals surface area contributed by atoms with Crippen molar-refractivity contribution in [2.24, 2.45) is 0 Å². The summed E-state index contributed by atoms with van der Waals surface area (Å²) in [7, 11) is 0. The number of nitrogens with zero attached hydrogens (tertiary/aromatic N) is 1. The minimum Gasteiger partial charge on any atom is -0.356 e. The van der Waals surface area contributed by atoms with Crippen LogP contribution in [0, 0.1) is 0 Å². The Labute approximate surface area is 92.1 Å². The second-order valence-electron chi connectivity index (χ2n) is 2.96. The summed E-state index contributed by atoms with van der Waals surface area (Å²) in [5, 5.41) is 2.82. The summed E-state index contributed by atoms with van der Waals surface area (Å²) in [4.78, 5) is 15.0. The maximum atomic E-state index is 10.9. The minimum absolute atomic E-state index is 0.0907. The molecular weight excluding hydrogens is 244 g/mol. The monoisotopic (exact) mass is 256 g/mol. The molecule has 0 fully saturated rings. The molecule has 0 saturated heterocycles. The van der Waals surface area contributed by atoms with Crippen molar-refractivity contribution in [2.75, 3.05) is 6.54 Å². The molecule has 0 aliphatic rings. The van der Waals surface area contributed by atoms with Gasteiger partial charge in [0, 0.05) is 29.8 Å². The maximum absolute atomic E-state index is 10.9. The molecule has 0 spiro atoms. The van der Waals surface area contributed by atoms with Crippen LogP contribution in [0.25, 0.3) is 0 Å². The number of nitrogens with one attached hydrogen (secondary N) is 1. The SMILES string of the molecule is CCC(=O)NCCc1cncc(Br)c1. The Kier molecular flexibility index (Phi) is 4.59. The normalized spacial score (nSPS) is 9.86. The molecule has 3 nitrogen and oxygen atoms in total. The van der Waals surface area contributed by atoms with Crippen LogP contribution in [-0.2, 0) is 11.2 Å². The third-order valence-corrected chi connectivity index (χ3v) is 2.25. The summed E-state index contributed by atoms with van der Waals surface area (Å²) >= 11 is 3.35. The highest BCUT2D eigenvalue weighted by Crippen LogP contribution is 2.09. The standard InChI is InChI=1S/C10H13BrN2O/c1-2-10(14)13-4-3-8-5-9(11)7-12-6-8/h5-7H,2-4H2,1H3,(H,13,14). The highest BCUT2D eigenvalue weighted by molar-refractivity contribution is 9.10. The van der Waals surface area contributed by atoms with E-state index in [0.29, 0.717) is 13.0 Å². The lowest BCUT2D eigenvalue weighted by Crippen LogP contribution is -2.24. The first-order valence-electron chi connectivity index (χ1n) is 4.58. The average molecular weight is 257 g/mol. The summed E-state index contributed by atoms with van der Waals surface area (Å²) in [6, 6.07) is 2.01. The number of halogens is 1. The average Bonchev–Trinajstić information content (AvgIpc) is 2.17. The number of hydrogen-bond acceptors (Lipinski definition) is 2. The Balaban J connectivity index is 2.35. The molecule has 0 aromatic carbocycles. The Morgan fingerprint density at radius 1 is 1.57 bits per heavy atom. The number of aromatic nitrogens is 1. The first kappa shape index (κ1) is 11.2. The summed E-state index contributed by atoms with van der Waals surface area (Å²) in [5.41, 5.74) is 1.12. The zero-order chi connectivity index (χ0) is 10.4. The summed E-state index contributed by atoms with van der Waals surface area (Å²) < 4.78 is 0.969. The highest BCUT2D eigenvalue weighted by Gasteiger charge is 1.97. The first-order valence-corrected chi connectivity index (χ1v) is 5.37. The fourth-order valence-electron chi connectivity index (χ4n) is 1.06. The second kappa shape index (κ2) is 5.75. The van der Waals surface area contributed by atoms with Gasteiger partial charge in [0.15, 0.2) is 0 Å². The zero-order valence-corrected chi connectivity index (χ0v) is 9.67. The lowest BCUT2D eigenvalue weighted by Gasteiger charge is -2.03. The maximum Gasteiger partial charge on any atom is 0.219 e. The van der Waals surface area contributed by atoms with Crippen molar-refractivity contribution in [3.05, 3.63) is 28.5 Å². The number of rotatable bonds is 4. The number of amides is 1. The molecule has 1 amide bonds. The summed E-state index contributed by atoms with van der Waals surface area (Å²) in [5.74, 6) is 0.0907. The van der Waals surface area contributed by atoms with Gasteiger partial charge in [-0.1, -0.05) is 6.92 Å². The van der Waals surface area contributed by atoms with Gasteiger partial charge in [0.05, 0.1) is 0 Å². The van der Waals surface area contributed by atoms with E-state index in [2.05, 4.69) is 26.2 Å². The smallest absolute Gasteiger partial charge is 0.219 e. The van der Waals surface area contributed by atoms with Crippen LogP contribution >= 0.6 is 15.9 Å². The molecule has 0 aliphatic heterocycles. The Bertz CT molecular complexity index is 315. The highest BCUT2D eigenvalue weighted by atomic mass is 79.9. The molecule has 1 rings (SSSR count). The molecule has 1 N–H and O–H groups in total. The van der Waals surface area contributed by atoms with E-state index in [0.717, 1.165) is 16.5 Å². The fraction of sp³-hybridized carbons (Fsp3) is 0.400. The minimum atomic E-state index is 0.0907. The van der Waals surface area contributed by atoms with Crippen LogP contribution in [-0.4, -0.2) is 17.4 Å². The van der Waals surface area contributed by atoms with Crippen molar-refractivity contribution in [3.63, 3.8) is 0 Å². The molecule has 0 atom stereocenters. The van der Waals surface area contributed by atoms with Crippen molar-refractivity contribution in [2.45, 2.75) is 19.8 Å². The van der Waals surface area contributed by atoms with Gasteiger partial charge in [-0.2, -0.15) is 0 Å². The largest absolute Gasteiger partial charge is 0.356 e. The zero-order valence-electron chi connectivity index (χ0n) is 8.09. The molecule has 76 valence electrons. The van der Waals surface area contributed by atoms with Crippen LogP contribution in [0.1, 0.15) is 18.9 Å². The van der Waals surface area contributed by atoms with E-state index in [4.69, 9.17) is 0 Å². The Morgan fingerprint density at radius 2 is 2.36 bits per heavy atom. The lowest BCUT2D eigenvalue weighted by molar-refractivity contribution is -0.120. The third-order valence-electron chi connectivity index (χ3n) is 1.82. The number of carbonyl (C=O) groups excluding carboxylic acids is 1. The summed E-state index contributed by atoms with van der Waals surface area (Å²) in [6.07, 6.45) is 4.91. The van der Waals surface area contributed by atoms with Gasteiger partial charge in [-0.3, -0.25) is 9.78 Å². The van der Waals surface area contributed by atoms with Crippen molar-refractivity contribution >= 4 is 21.8 Å². The number of hydrogen-bond donors (Lipinski definition) is 1. The Hall–Kier alpha value is -0.900. The van der Waals surface area contributed by atoms with Gasteiger partial charge in [-0.05, 0) is 34.0 Å². The quantitative estimate of drug-likeness (QED) is 0.895. The van der Waals surface area contributed by atoms with Gasteiger partial charge in [0.25, 0.3) is 0 Å². The van der Waals surface area contributed by atoms with E-state index in [1.807, 2.05) is 19.2 Å². The van der Waals surface area contributed by atoms with Gasteiger partial charge in [0.1, 0.15) is 0 Å². The summed E-state index contributed by atoms with van der Waals surface area (Å²) in [6.45, 7) is 2.51. The number of pyridine rings is 1. The van der Waals surface area contributed by atoms with Crippen LogP contribution in [0.5, 0.6) is 0 Å². The van der Waals surface area contributed by atoms with E-state index in [-0.39, 0.29) is 5.91 Å². The van der Waals surface area contributed by atoms with Crippen molar-refractivity contribution in [1.29, 1.82) is 0 Å². The predicted molar refractivity (Wildman–Crippen MR) is 58.9 cm³/mol. The van der Waals surface area contributed by atoms with Crippen molar-refractivity contribution in [1.82, 2.24) is 10.3 Å². The van der Waals surface area contributed by atoms with Crippen molar-refractivity contribution in [3.8, 4) is 0 Å². The molecule has 0 radical (unpaired) electrons. The van der Waals surface area contributed by atoms with Crippen LogP contribution in [0.4, 0.5) is 0 Å². The fourth-order valence-corrected chi connectivity index (χ4v) is 1.48. The van der Waals surface area contributed by atoms with Gasteiger partial charge in [-0.15, -0.1) is 0 Å².